The first-order valence-corrected chi connectivity index (χ1v) is 6.39. The van der Waals surface area contributed by atoms with E-state index in [-0.39, 0.29) is 0 Å². The number of nitrogens with one attached hydrogen (secondary N) is 1. The normalized spacial score (nSPS) is 23.9. The van der Waals surface area contributed by atoms with Crippen molar-refractivity contribution in [2.75, 3.05) is 40.3 Å². The highest BCUT2D eigenvalue weighted by Crippen LogP contribution is 2.13. The van der Waals surface area contributed by atoms with Crippen LogP contribution in [-0.2, 0) is 4.79 Å². The summed E-state index contributed by atoms with van der Waals surface area (Å²) in [6.07, 6.45) is 2.36. The lowest BCUT2D eigenvalue weighted by Gasteiger charge is -2.36. The third-order valence-electron chi connectivity index (χ3n) is 3.44. The van der Waals surface area contributed by atoms with Gasteiger partial charge in [-0.1, -0.05) is 6.92 Å². The summed E-state index contributed by atoms with van der Waals surface area (Å²) >= 11 is 0. The zero-order valence-corrected chi connectivity index (χ0v) is 11.1. The standard InChI is InChI=1S/C12H25N3O2/c1-4-13-11(12(16)17)9-15(3)10-6-5-7-14(2)8-10/h10-11,13H,4-9H2,1-3H3,(H,16,17). The van der Waals surface area contributed by atoms with Crippen LogP contribution in [0.3, 0.4) is 0 Å². The highest BCUT2D eigenvalue weighted by atomic mass is 16.4. The molecule has 1 rings (SSSR count). The summed E-state index contributed by atoms with van der Waals surface area (Å²) in [4.78, 5) is 15.6. The molecule has 0 bridgehead atoms. The molecule has 17 heavy (non-hydrogen) atoms. The molecular formula is C12H25N3O2. The molecule has 2 unspecified atom stereocenters. The number of aliphatic carboxylic acids is 1. The fraction of sp³-hybridized carbons (Fsp3) is 0.917. The number of likely N-dealkylation sites (N-methyl/N-ethyl adjacent to an activating group) is 3. The molecule has 1 heterocycles. The fourth-order valence-electron chi connectivity index (χ4n) is 2.41. The first-order valence-electron chi connectivity index (χ1n) is 6.39. The first-order chi connectivity index (χ1) is 8.04. The summed E-state index contributed by atoms with van der Waals surface area (Å²) in [7, 11) is 4.15. The van der Waals surface area contributed by atoms with Crippen LogP contribution in [0.15, 0.2) is 0 Å². The van der Waals surface area contributed by atoms with E-state index in [9.17, 15) is 4.79 Å². The van der Waals surface area contributed by atoms with Crippen LogP contribution in [0.1, 0.15) is 19.8 Å². The zero-order valence-electron chi connectivity index (χ0n) is 11.1. The predicted molar refractivity (Wildman–Crippen MR) is 68.2 cm³/mol. The molecule has 0 radical (unpaired) electrons. The molecule has 0 saturated carbocycles. The van der Waals surface area contributed by atoms with Crippen LogP contribution >= 0.6 is 0 Å². The van der Waals surface area contributed by atoms with Crippen LogP contribution in [0.5, 0.6) is 0 Å². The molecule has 0 aromatic heterocycles. The van der Waals surface area contributed by atoms with Crippen LogP contribution in [0.2, 0.25) is 0 Å². The maximum absolute atomic E-state index is 11.1. The van der Waals surface area contributed by atoms with E-state index in [2.05, 4.69) is 22.2 Å². The van der Waals surface area contributed by atoms with Crippen LogP contribution < -0.4 is 5.32 Å². The van der Waals surface area contributed by atoms with Crippen molar-refractivity contribution in [2.45, 2.75) is 31.8 Å². The van der Waals surface area contributed by atoms with Gasteiger partial charge >= 0.3 is 5.97 Å². The predicted octanol–water partition coefficient (Wildman–Crippen LogP) is 0.0751. The lowest BCUT2D eigenvalue weighted by molar-refractivity contribution is -0.140. The van der Waals surface area contributed by atoms with Gasteiger partial charge in [0.15, 0.2) is 0 Å². The van der Waals surface area contributed by atoms with Gasteiger partial charge in [-0.3, -0.25) is 9.69 Å². The SMILES string of the molecule is CCNC(CN(C)C1CCCN(C)C1)C(=O)O. The van der Waals surface area contributed by atoms with Crippen molar-refractivity contribution in [1.29, 1.82) is 0 Å². The summed E-state index contributed by atoms with van der Waals surface area (Å²) < 4.78 is 0. The van der Waals surface area contributed by atoms with E-state index in [0.717, 1.165) is 13.1 Å². The Morgan fingerprint density at radius 2 is 2.35 bits per heavy atom. The average molecular weight is 243 g/mol. The maximum Gasteiger partial charge on any atom is 0.322 e. The van der Waals surface area contributed by atoms with Crippen molar-refractivity contribution in [3.05, 3.63) is 0 Å². The van der Waals surface area contributed by atoms with Gasteiger partial charge in [0, 0.05) is 19.1 Å². The third kappa shape index (κ3) is 4.61. The number of carbonyl (C=O) groups is 1. The lowest BCUT2D eigenvalue weighted by atomic mass is 10.0. The number of hydrogen-bond donors (Lipinski definition) is 2. The Hall–Kier alpha value is -0.650. The minimum absolute atomic E-state index is 0.461. The zero-order chi connectivity index (χ0) is 12.8. The molecule has 1 aliphatic rings. The molecule has 1 fully saturated rings. The first kappa shape index (κ1) is 14.4. The highest BCUT2D eigenvalue weighted by molar-refractivity contribution is 5.73. The number of nitrogens with zero attached hydrogens (tertiary/aromatic N) is 2. The van der Waals surface area contributed by atoms with Gasteiger partial charge in [-0.2, -0.15) is 0 Å². The van der Waals surface area contributed by atoms with E-state index in [0.29, 0.717) is 19.1 Å². The molecule has 0 aromatic rings. The minimum Gasteiger partial charge on any atom is -0.480 e. The minimum atomic E-state index is -0.761. The van der Waals surface area contributed by atoms with Gasteiger partial charge in [-0.05, 0) is 40.0 Å². The van der Waals surface area contributed by atoms with E-state index in [1.165, 1.54) is 12.8 Å². The summed E-state index contributed by atoms with van der Waals surface area (Å²) in [6, 6.07) is 0.0199. The second kappa shape index (κ2) is 6.93. The van der Waals surface area contributed by atoms with Crippen molar-refractivity contribution in [3.8, 4) is 0 Å². The van der Waals surface area contributed by atoms with Gasteiger partial charge in [0.25, 0.3) is 0 Å². The van der Waals surface area contributed by atoms with Crippen LogP contribution in [0.4, 0.5) is 0 Å². The van der Waals surface area contributed by atoms with E-state index in [4.69, 9.17) is 5.11 Å². The van der Waals surface area contributed by atoms with Gasteiger partial charge in [0.05, 0.1) is 0 Å². The highest BCUT2D eigenvalue weighted by Gasteiger charge is 2.25. The van der Waals surface area contributed by atoms with Crippen molar-refractivity contribution < 1.29 is 9.90 Å². The maximum atomic E-state index is 11.1. The monoisotopic (exact) mass is 243 g/mol. The van der Waals surface area contributed by atoms with E-state index >= 15 is 0 Å². The molecule has 0 aliphatic carbocycles. The van der Waals surface area contributed by atoms with Crippen molar-refractivity contribution >= 4 is 5.97 Å². The van der Waals surface area contributed by atoms with Crippen molar-refractivity contribution in [3.63, 3.8) is 0 Å². The number of carboxylic acid groups (broad SMARTS) is 1. The van der Waals surface area contributed by atoms with E-state index in [1.807, 2.05) is 14.0 Å². The summed E-state index contributed by atoms with van der Waals surface area (Å²) in [6.45, 7) is 5.39. The second-order valence-electron chi connectivity index (χ2n) is 4.95. The Labute approximate surface area is 104 Å². The second-order valence-corrected chi connectivity index (χ2v) is 4.95. The third-order valence-corrected chi connectivity index (χ3v) is 3.44. The number of piperidine rings is 1. The summed E-state index contributed by atoms with van der Waals surface area (Å²) in [5.41, 5.74) is 0. The number of likely N-dealkylation sites (tertiary alicyclic amines) is 1. The Bertz CT molecular complexity index is 248. The van der Waals surface area contributed by atoms with E-state index in [1.54, 1.807) is 0 Å². The smallest absolute Gasteiger partial charge is 0.322 e. The molecule has 0 amide bonds. The van der Waals surface area contributed by atoms with Crippen LogP contribution in [0, 0.1) is 0 Å². The number of rotatable bonds is 6. The largest absolute Gasteiger partial charge is 0.480 e. The molecule has 0 aromatic carbocycles. The van der Waals surface area contributed by atoms with Crippen molar-refractivity contribution in [2.24, 2.45) is 0 Å². The topological polar surface area (TPSA) is 55.8 Å². The molecule has 2 atom stereocenters. The van der Waals surface area contributed by atoms with Gasteiger partial charge in [-0.15, -0.1) is 0 Å². The quantitative estimate of drug-likeness (QED) is 0.692. The summed E-state index contributed by atoms with van der Waals surface area (Å²) in [5.74, 6) is -0.761. The van der Waals surface area contributed by atoms with E-state index < -0.39 is 12.0 Å². The van der Waals surface area contributed by atoms with Gasteiger partial charge < -0.3 is 15.3 Å². The fourth-order valence-corrected chi connectivity index (χ4v) is 2.41. The molecule has 5 heteroatoms. The van der Waals surface area contributed by atoms with Gasteiger partial charge in [-0.25, -0.2) is 0 Å². The molecule has 5 nitrogen and oxygen atoms in total. The molecule has 1 saturated heterocycles. The molecule has 0 spiro atoms. The molecular weight excluding hydrogens is 218 g/mol. The van der Waals surface area contributed by atoms with Crippen LogP contribution in [0.25, 0.3) is 0 Å². The molecule has 100 valence electrons. The van der Waals surface area contributed by atoms with Crippen molar-refractivity contribution in [1.82, 2.24) is 15.1 Å². The Kier molecular flexibility index (Phi) is 5.88. The number of hydrogen-bond acceptors (Lipinski definition) is 4. The Balaban J connectivity index is 2.45. The molecule has 2 N–H and O–H groups in total. The summed E-state index contributed by atoms with van der Waals surface area (Å²) in [5, 5.41) is 12.1. The Morgan fingerprint density at radius 3 is 2.88 bits per heavy atom. The van der Waals surface area contributed by atoms with Gasteiger partial charge in [0.1, 0.15) is 6.04 Å². The molecule has 1 aliphatic heterocycles. The van der Waals surface area contributed by atoms with Crippen LogP contribution in [-0.4, -0.2) is 73.2 Å². The van der Waals surface area contributed by atoms with Gasteiger partial charge in [0.2, 0.25) is 0 Å². The Morgan fingerprint density at radius 1 is 1.65 bits per heavy atom. The number of carboxylic acids is 1. The lowest BCUT2D eigenvalue weighted by Crippen LogP contribution is -2.51. The average Bonchev–Trinajstić information content (AvgIpc) is 2.28.